The van der Waals surface area contributed by atoms with Crippen LogP contribution in [0, 0.1) is 0 Å². The van der Waals surface area contributed by atoms with Gasteiger partial charge in [0.15, 0.2) is 6.10 Å². The second-order valence-corrected chi connectivity index (χ2v) is 24.2. The molecule has 0 aromatic heterocycles. The van der Waals surface area contributed by atoms with Crippen molar-refractivity contribution >= 4 is 19.8 Å². The summed E-state index contributed by atoms with van der Waals surface area (Å²) in [5.74, 6) is -0.809. The summed E-state index contributed by atoms with van der Waals surface area (Å²) in [6.07, 6.45) is 74.6. The van der Waals surface area contributed by atoms with E-state index in [-0.39, 0.29) is 32.0 Å². The van der Waals surface area contributed by atoms with Gasteiger partial charge in [0.25, 0.3) is 0 Å². The first kappa shape index (κ1) is 73.7. The summed E-state index contributed by atoms with van der Waals surface area (Å²) in [6.45, 7) is 4.34. The van der Waals surface area contributed by atoms with E-state index in [0.717, 1.165) is 83.5 Å². The second-order valence-electron chi connectivity index (χ2n) is 22.8. The molecule has 0 aliphatic carbocycles. The number of unbranched alkanes of at least 4 members (excludes halogenated alkanes) is 35. The number of phosphoric ester groups is 1. The van der Waals surface area contributed by atoms with Gasteiger partial charge in [-0.1, -0.05) is 286 Å². The van der Waals surface area contributed by atoms with Crippen LogP contribution in [0.5, 0.6) is 0 Å². The second kappa shape index (κ2) is 57.4. The Morgan fingerprint density at radius 2 is 0.750 bits per heavy atom. The van der Waals surface area contributed by atoms with Crippen molar-refractivity contribution in [2.75, 3.05) is 47.5 Å². The molecule has 0 aliphatic heterocycles. The van der Waals surface area contributed by atoms with E-state index in [1.165, 1.54) is 180 Å². The Bertz CT molecular complexity index is 1470. The minimum atomic E-state index is -4.39. The van der Waals surface area contributed by atoms with Crippen LogP contribution in [0.1, 0.15) is 296 Å². The number of phosphoric acid groups is 1. The van der Waals surface area contributed by atoms with Crippen LogP contribution in [0.3, 0.4) is 0 Å². The smallest absolute Gasteiger partial charge is 0.462 e. The van der Waals surface area contributed by atoms with Gasteiger partial charge in [-0.2, -0.15) is 0 Å². The van der Waals surface area contributed by atoms with Gasteiger partial charge in [0.05, 0.1) is 27.7 Å². The van der Waals surface area contributed by atoms with Crippen molar-refractivity contribution in [1.82, 2.24) is 0 Å². The summed E-state index contributed by atoms with van der Waals surface area (Å²) in [5, 5.41) is 0. The number of esters is 2. The lowest BCUT2D eigenvalue weighted by molar-refractivity contribution is -0.870. The zero-order valence-electron chi connectivity index (χ0n) is 50.5. The van der Waals surface area contributed by atoms with Gasteiger partial charge in [-0.25, -0.2) is 4.57 Å². The van der Waals surface area contributed by atoms with Crippen LogP contribution in [0.25, 0.3) is 0 Å². The van der Waals surface area contributed by atoms with E-state index in [9.17, 15) is 19.0 Å². The van der Waals surface area contributed by atoms with Crippen molar-refractivity contribution in [3.05, 3.63) is 60.8 Å². The predicted molar refractivity (Wildman–Crippen MR) is 326 cm³/mol. The summed E-state index contributed by atoms with van der Waals surface area (Å²) in [7, 11) is 1.47. The molecule has 0 fully saturated rings. The fourth-order valence-corrected chi connectivity index (χ4v) is 9.90. The molecule has 0 heterocycles. The average molecular weight is 1090 g/mol. The number of nitrogens with zero attached hydrogens (tertiary/aromatic N) is 1. The Hall–Kier alpha value is -2.29. The SMILES string of the molecule is CC/C=C\C/C=C\C/C=C\C/C=C\C/C=C\CCCCCCCC(=O)OC(COC(=O)CCCCCCCCCCCCCCCCCCCCCCCCCCCCCCCCC)COP(=O)(O)OCC[N+](C)(C)C. The first-order chi connectivity index (χ1) is 37.0. The van der Waals surface area contributed by atoms with E-state index >= 15 is 0 Å². The van der Waals surface area contributed by atoms with Crippen molar-refractivity contribution in [2.24, 2.45) is 0 Å². The van der Waals surface area contributed by atoms with Crippen molar-refractivity contribution in [2.45, 2.75) is 302 Å². The first-order valence-electron chi connectivity index (χ1n) is 32.0. The summed E-state index contributed by atoms with van der Waals surface area (Å²) in [5.41, 5.74) is 0. The van der Waals surface area contributed by atoms with Crippen molar-refractivity contribution in [3.63, 3.8) is 0 Å². The molecule has 2 unspecified atom stereocenters. The third-order valence-corrected chi connectivity index (χ3v) is 15.0. The van der Waals surface area contributed by atoms with Crippen molar-refractivity contribution in [3.8, 4) is 0 Å². The molecule has 76 heavy (non-hydrogen) atoms. The predicted octanol–water partition coefficient (Wildman–Crippen LogP) is 20.3. The molecule has 0 aliphatic rings. The standard InChI is InChI=1S/C66H122NO8P/c1-6-8-10-12-14-16-18-20-22-24-26-28-29-30-31-32-33-34-35-36-37-39-40-42-44-46-48-50-52-54-56-58-65(68)72-62-64(63-74-76(70,71)73-61-60-67(3,4)5)75-66(69)59-57-55-53-51-49-47-45-43-41-38-27-25-23-21-19-17-15-13-11-9-7-2/h9,11,15,17,21,23,27,38,43,45,64H,6-8,10,12-14,16,18-20,22,24-26,28-37,39-42,44,46-63H2,1-5H3/p+1/b11-9-,17-15-,23-21-,38-27-,45-43-. The molecule has 0 spiro atoms. The number of carbonyl (C=O) groups is 2. The third-order valence-electron chi connectivity index (χ3n) is 14.1. The van der Waals surface area contributed by atoms with Gasteiger partial charge in [-0.3, -0.25) is 18.6 Å². The van der Waals surface area contributed by atoms with Crippen LogP contribution in [0.15, 0.2) is 60.8 Å². The minimum Gasteiger partial charge on any atom is -0.462 e. The van der Waals surface area contributed by atoms with E-state index in [1.54, 1.807) is 0 Å². The Labute approximate surface area is 470 Å². The topological polar surface area (TPSA) is 108 Å². The van der Waals surface area contributed by atoms with Gasteiger partial charge in [0.2, 0.25) is 0 Å². The summed E-state index contributed by atoms with van der Waals surface area (Å²) in [4.78, 5) is 35.8. The minimum absolute atomic E-state index is 0.0265. The molecule has 0 radical (unpaired) electrons. The van der Waals surface area contributed by atoms with Gasteiger partial charge in [-0.05, 0) is 57.8 Å². The van der Waals surface area contributed by atoms with Gasteiger partial charge >= 0.3 is 19.8 Å². The van der Waals surface area contributed by atoms with Crippen LogP contribution < -0.4 is 0 Å². The lowest BCUT2D eigenvalue weighted by Crippen LogP contribution is -2.37. The highest BCUT2D eigenvalue weighted by atomic mass is 31.2. The number of hydrogen-bond acceptors (Lipinski definition) is 7. The highest BCUT2D eigenvalue weighted by Crippen LogP contribution is 2.43. The molecule has 0 bridgehead atoms. The molecule has 0 aromatic rings. The molecule has 2 atom stereocenters. The van der Waals surface area contributed by atoms with Crippen LogP contribution in [0.4, 0.5) is 0 Å². The van der Waals surface area contributed by atoms with Gasteiger partial charge < -0.3 is 18.9 Å². The molecular formula is C66H123NO8P+. The Morgan fingerprint density at radius 3 is 1.12 bits per heavy atom. The molecule has 9 nitrogen and oxygen atoms in total. The Kier molecular flexibility index (Phi) is 55.7. The number of allylic oxidation sites excluding steroid dienone is 10. The summed E-state index contributed by atoms with van der Waals surface area (Å²) < 4.78 is 34.6. The van der Waals surface area contributed by atoms with Crippen LogP contribution >= 0.6 is 7.82 Å². The molecule has 10 heteroatoms. The highest BCUT2D eigenvalue weighted by Gasteiger charge is 2.27. The molecule has 0 saturated carbocycles. The average Bonchev–Trinajstić information content (AvgIpc) is 3.38. The van der Waals surface area contributed by atoms with E-state index in [4.69, 9.17) is 18.5 Å². The number of hydrogen-bond donors (Lipinski definition) is 1. The molecule has 0 aromatic carbocycles. The fourth-order valence-electron chi connectivity index (χ4n) is 9.16. The number of quaternary nitrogens is 1. The van der Waals surface area contributed by atoms with E-state index in [2.05, 4.69) is 74.6 Å². The Morgan fingerprint density at radius 1 is 0.421 bits per heavy atom. The van der Waals surface area contributed by atoms with Crippen LogP contribution in [-0.2, 0) is 32.7 Å². The summed E-state index contributed by atoms with van der Waals surface area (Å²) in [6, 6.07) is 0. The van der Waals surface area contributed by atoms with E-state index in [1.807, 2.05) is 21.1 Å². The maximum Gasteiger partial charge on any atom is 0.472 e. The van der Waals surface area contributed by atoms with Crippen LogP contribution in [0.2, 0.25) is 0 Å². The molecule has 0 amide bonds. The van der Waals surface area contributed by atoms with Crippen LogP contribution in [-0.4, -0.2) is 74.9 Å². The zero-order valence-corrected chi connectivity index (χ0v) is 51.4. The van der Waals surface area contributed by atoms with Gasteiger partial charge in [0, 0.05) is 12.8 Å². The number of ether oxygens (including phenoxy) is 2. The largest absolute Gasteiger partial charge is 0.472 e. The molecule has 1 N–H and O–H groups in total. The monoisotopic (exact) mass is 1090 g/mol. The quantitative estimate of drug-likeness (QED) is 0.0211. The van der Waals surface area contributed by atoms with Crippen molar-refractivity contribution in [1.29, 1.82) is 0 Å². The zero-order chi connectivity index (χ0) is 55.6. The lowest BCUT2D eigenvalue weighted by atomic mass is 10.0. The highest BCUT2D eigenvalue weighted by molar-refractivity contribution is 7.47. The van der Waals surface area contributed by atoms with Gasteiger partial charge in [0.1, 0.15) is 19.8 Å². The van der Waals surface area contributed by atoms with E-state index in [0.29, 0.717) is 17.4 Å². The van der Waals surface area contributed by atoms with Gasteiger partial charge in [-0.15, -0.1) is 0 Å². The van der Waals surface area contributed by atoms with Crippen molar-refractivity contribution < 1.29 is 42.1 Å². The lowest BCUT2D eigenvalue weighted by Gasteiger charge is -2.24. The number of likely N-dealkylation sites (N-methyl/N-ethyl adjacent to an activating group) is 1. The Balaban J connectivity index is 4.06. The summed E-state index contributed by atoms with van der Waals surface area (Å²) >= 11 is 0. The third kappa shape index (κ3) is 60.9. The first-order valence-corrected chi connectivity index (χ1v) is 33.5. The number of rotatable bonds is 59. The normalized spacial score (nSPS) is 13.6. The molecule has 444 valence electrons. The molecule has 0 rings (SSSR count). The fraction of sp³-hybridized carbons (Fsp3) is 0.818. The molecular weight excluding hydrogens is 966 g/mol. The maximum atomic E-state index is 12.8. The number of carbonyl (C=O) groups excluding carboxylic acids is 2. The maximum absolute atomic E-state index is 12.8. The molecule has 0 saturated heterocycles. The van der Waals surface area contributed by atoms with E-state index < -0.39 is 26.5 Å².